The zero-order chi connectivity index (χ0) is 19.6. The quantitative estimate of drug-likeness (QED) is 0.855. The third-order valence-electron chi connectivity index (χ3n) is 7.18. The number of aromatic nitrogens is 4. The molecule has 0 spiro atoms. The first-order valence-electron chi connectivity index (χ1n) is 10.3. The van der Waals surface area contributed by atoms with Crippen LogP contribution >= 0.6 is 0 Å². The van der Waals surface area contributed by atoms with Gasteiger partial charge < -0.3 is 5.32 Å². The predicted octanol–water partition coefficient (Wildman–Crippen LogP) is 3.04. The second-order valence-electron chi connectivity index (χ2n) is 9.33. The fourth-order valence-corrected chi connectivity index (χ4v) is 6.12. The lowest BCUT2D eigenvalue weighted by Gasteiger charge is -2.55. The van der Waals surface area contributed by atoms with Gasteiger partial charge in [-0.3, -0.25) is 14.6 Å². The summed E-state index contributed by atoms with van der Waals surface area (Å²) in [5, 5.41) is 7.60. The Labute approximate surface area is 163 Å². The van der Waals surface area contributed by atoms with E-state index in [4.69, 9.17) is 0 Å². The van der Waals surface area contributed by atoms with Crippen molar-refractivity contribution < 1.29 is 4.79 Å². The van der Waals surface area contributed by atoms with Crippen LogP contribution in [0.2, 0.25) is 0 Å². The number of nitrogens with zero attached hydrogens (tertiary/aromatic N) is 3. The summed E-state index contributed by atoms with van der Waals surface area (Å²) < 4.78 is 1.54. The summed E-state index contributed by atoms with van der Waals surface area (Å²) in [6.07, 6.45) is 6.94. The Morgan fingerprint density at radius 2 is 1.75 bits per heavy atom. The molecular formula is C21H27N5O2. The van der Waals surface area contributed by atoms with E-state index in [0.717, 1.165) is 25.0 Å². The number of nitrogens with one attached hydrogen (secondary N) is 2. The van der Waals surface area contributed by atoms with Crippen LogP contribution in [0.15, 0.2) is 10.9 Å². The van der Waals surface area contributed by atoms with Gasteiger partial charge in [0.1, 0.15) is 5.82 Å². The van der Waals surface area contributed by atoms with Gasteiger partial charge in [-0.05, 0) is 77.0 Å². The summed E-state index contributed by atoms with van der Waals surface area (Å²) in [6, 6.07) is 1.84. The Kier molecular flexibility index (Phi) is 3.80. The van der Waals surface area contributed by atoms with Crippen molar-refractivity contribution in [1.29, 1.82) is 0 Å². The Morgan fingerprint density at radius 1 is 1.14 bits per heavy atom. The van der Waals surface area contributed by atoms with Crippen molar-refractivity contribution in [3.8, 4) is 5.95 Å². The summed E-state index contributed by atoms with van der Waals surface area (Å²) in [4.78, 5) is 32.8. The van der Waals surface area contributed by atoms with E-state index in [2.05, 4.69) is 20.4 Å². The minimum absolute atomic E-state index is 0.110. The molecule has 4 aliphatic carbocycles. The average Bonchev–Trinajstić information content (AvgIpc) is 2.98. The molecule has 2 heterocycles. The zero-order valence-corrected chi connectivity index (χ0v) is 16.7. The first kappa shape index (κ1) is 17.6. The summed E-state index contributed by atoms with van der Waals surface area (Å²) >= 11 is 0. The molecule has 4 saturated carbocycles. The molecule has 2 aromatic heterocycles. The van der Waals surface area contributed by atoms with Gasteiger partial charge in [0.2, 0.25) is 11.9 Å². The van der Waals surface area contributed by atoms with E-state index in [-0.39, 0.29) is 16.9 Å². The number of hydrogen-bond donors (Lipinski definition) is 2. The molecule has 2 aromatic rings. The van der Waals surface area contributed by atoms with E-state index in [9.17, 15) is 9.59 Å². The van der Waals surface area contributed by atoms with Crippen molar-refractivity contribution in [2.24, 2.45) is 23.2 Å². The van der Waals surface area contributed by atoms with E-state index in [1.165, 1.54) is 19.3 Å². The summed E-state index contributed by atoms with van der Waals surface area (Å²) in [7, 11) is 0. The van der Waals surface area contributed by atoms with Crippen molar-refractivity contribution in [3.63, 3.8) is 0 Å². The molecule has 7 heteroatoms. The molecule has 0 aromatic carbocycles. The number of carbonyl (C=O) groups excluding carboxylic acids is 1. The van der Waals surface area contributed by atoms with Gasteiger partial charge in [0.15, 0.2) is 0 Å². The molecule has 0 radical (unpaired) electrons. The Morgan fingerprint density at radius 3 is 2.32 bits per heavy atom. The van der Waals surface area contributed by atoms with Crippen LogP contribution < -0.4 is 10.9 Å². The van der Waals surface area contributed by atoms with E-state index < -0.39 is 0 Å². The molecule has 1 amide bonds. The van der Waals surface area contributed by atoms with E-state index in [1.54, 1.807) is 18.5 Å². The molecule has 4 bridgehead atoms. The number of hydrogen-bond acceptors (Lipinski definition) is 4. The first-order chi connectivity index (χ1) is 13.3. The first-order valence-corrected chi connectivity index (χ1v) is 10.3. The summed E-state index contributed by atoms with van der Waals surface area (Å²) in [6.45, 7) is 5.42. The van der Waals surface area contributed by atoms with Gasteiger partial charge in [0, 0.05) is 17.3 Å². The third-order valence-corrected chi connectivity index (χ3v) is 7.18. The fourth-order valence-electron chi connectivity index (χ4n) is 6.12. The van der Waals surface area contributed by atoms with Gasteiger partial charge in [0.05, 0.1) is 11.1 Å². The molecule has 0 unspecified atom stereocenters. The standard InChI is InChI=1S/C21H27N5O2/c1-11-4-17(26(25-11)20-22-13(3)12(2)18(27)24-20)23-19(28)21-8-14-5-15(9-21)7-16(6-14)10-21/h4,14-16H,5-10H2,1-3H3,(H,23,28)(H,22,24,27). The van der Waals surface area contributed by atoms with Crippen molar-refractivity contribution in [1.82, 2.24) is 19.7 Å². The van der Waals surface area contributed by atoms with Crippen LogP contribution in [-0.2, 0) is 4.79 Å². The maximum Gasteiger partial charge on any atom is 0.255 e. The van der Waals surface area contributed by atoms with Gasteiger partial charge in [-0.1, -0.05) is 0 Å². The van der Waals surface area contributed by atoms with Crippen molar-refractivity contribution >= 4 is 11.7 Å². The van der Waals surface area contributed by atoms with Crippen LogP contribution in [0.25, 0.3) is 5.95 Å². The van der Waals surface area contributed by atoms with Crippen molar-refractivity contribution in [3.05, 3.63) is 33.4 Å². The fraction of sp³-hybridized carbons (Fsp3) is 0.619. The van der Waals surface area contributed by atoms with Crippen LogP contribution in [0.5, 0.6) is 0 Å². The van der Waals surface area contributed by atoms with E-state index >= 15 is 0 Å². The SMILES string of the molecule is Cc1cc(NC(=O)C23CC4CC(CC(C4)C2)C3)n(-c2nc(C)c(C)c(=O)[nH]2)n1. The van der Waals surface area contributed by atoms with Gasteiger partial charge in [-0.25, -0.2) is 4.98 Å². The molecule has 148 valence electrons. The molecule has 2 N–H and O–H groups in total. The van der Waals surface area contributed by atoms with Crippen LogP contribution in [0.1, 0.15) is 55.5 Å². The monoisotopic (exact) mass is 381 g/mol. The van der Waals surface area contributed by atoms with Crippen LogP contribution in [0.3, 0.4) is 0 Å². The lowest BCUT2D eigenvalue weighted by atomic mass is 9.49. The van der Waals surface area contributed by atoms with Gasteiger partial charge in [-0.15, -0.1) is 0 Å². The highest BCUT2D eigenvalue weighted by Gasteiger charge is 2.54. The lowest BCUT2D eigenvalue weighted by molar-refractivity contribution is -0.140. The Balaban J connectivity index is 1.47. The number of anilines is 1. The minimum atomic E-state index is -0.234. The lowest BCUT2D eigenvalue weighted by Crippen LogP contribution is -2.51. The van der Waals surface area contributed by atoms with Gasteiger partial charge in [0.25, 0.3) is 5.56 Å². The number of rotatable bonds is 3. The number of aromatic amines is 1. The van der Waals surface area contributed by atoms with Crippen molar-refractivity contribution in [2.75, 3.05) is 5.32 Å². The van der Waals surface area contributed by atoms with Gasteiger partial charge >= 0.3 is 0 Å². The molecule has 28 heavy (non-hydrogen) atoms. The second kappa shape index (κ2) is 6.03. The average molecular weight is 381 g/mol. The van der Waals surface area contributed by atoms with Crippen molar-refractivity contribution in [2.45, 2.75) is 59.3 Å². The second-order valence-corrected chi connectivity index (χ2v) is 9.33. The summed E-state index contributed by atoms with van der Waals surface area (Å²) in [5.74, 6) is 3.15. The molecule has 0 aliphatic heterocycles. The normalized spacial score (nSPS) is 30.6. The molecule has 0 atom stereocenters. The van der Waals surface area contributed by atoms with E-state index in [1.807, 2.05) is 13.0 Å². The molecule has 6 rings (SSSR count). The molecule has 7 nitrogen and oxygen atoms in total. The largest absolute Gasteiger partial charge is 0.310 e. The van der Waals surface area contributed by atoms with E-state index in [0.29, 0.717) is 40.8 Å². The number of H-pyrrole nitrogens is 1. The van der Waals surface area contributed by atoms with Crippen LogP contribution in [0, 0.1) is 43.9 Å². The highest BCUT2D eigenvalue weighted by Crippen LogP contribution is 2.60. The topological polar surface area (TPSA) is 92.7 Å². The van der Waals surface area contributed by atoms with Gasteiger partial charge in [-0.2, -0.15) is 9.78 Å². The number of amides is 1. The van der Waals surface area contributed by atoms with Crippen LogP contribution in [0.4, 0.5) is 5.82 Å². The third kappa shape index (κ3) is 2.71. The maximum absolute atomic E-state index is 13.4. The minimum Gasteiger partial charge on any atom is -0.310 e. The number of carbonyl (C=O) groups is 1. The number of aryl methyl sites for hydroxylation is 2. The van der Waals surface area contributed by atoms with Crippen LogP contribution in [-0.4, -0.2) is 25.7 Å². The Hall–Kier alpha value is -2.44. The smallest absolute Gasteiger partial charge is 0.255 e. The summed E-state index contributed by atoms with van der Waals surface area (Å²) in [5.41, 5.74) is 1.59. The molecule has 0 saturated heterocycles. The highest BCUT2D eigenvalue weighted by molar-refractivity contribution is 5.95. The Bertz CT molecular complexity index is 983. The maximum atomic E-state index is 13.4. The molecule has 4 fully saturated rings. The highest BCUT2D eigenvalue weighted by atomic mass is 16.2. The predicted molar refractivity (Wildman–Crippen MR) is 105 cm³/mol. The molecular weight excluding hydrogens is 354 g/mol. The molecule has 4 aliphatic rings. The zero-order valence-electron chi connectivity index (χ0n) is 16.7.